The molecule has 3 aromatic carbocycles. The van der Waals surface area contributed by atoms with Crippen LogP contribution in [0.15, 0.2) is 72.8 Å². The molecule has 0 spiro atoms. The number of hydrazine groups is 1. The Morgan fingerprint density at radius 3 is 2.37 bits per heavy atom. The summed E-state index contributed by atoms with van der Waals surface area (Å²) in [5.41, 5.74) is 3.89. The highest BCUT2D eigenvalue weighted by atomic mass is 35.5. The quantitative estimate of drug-likeness (QED) is 0.532. The number of carbonyl (C=O) groups is 2. The lowest BCUT2D eigenvalue weighted by molar-refractivity contribution is -0.130. The summed E-state index contributed by atoms with van der Waals surface area (Å²) in [4.78, 5) is 25.5. The van der Waals surface area contributed by atoms with Gasteiger partial charge in [0.15, 0.2) is 0 Å². The molecule has 0 radical (unpaired) electrons. The van der Waals surface area contributed by atoms with Crippen molar-refractivity contribution in [3.05, 3.63) is 94.0 Å². The number of para-hydroxylation sites is 2. The summed E-state index contributed by atoms with van der Waals surface area (Å²) in [6.07, 6.45) is 0. The molecule has 1 heterocycles. The highest BCUT2D eigenvalue weighted by Crippen LogP contribution is 2.38. The van der Waals surface area contributed by atoms with E-state index in [0.717, 1.165) is 5.56 Å². The standard InChI is InChI=1S/C22H16Cl2N2O3S/c23-15-11-9-14(10-12-15)22-26(20(27)13-30-22)25-21(28)16-5-1-3-7-18(16)29-19-8-4-2-6-17(19)24/h1-12,22H,13H2,(H,25,28). The third-order valence-corrected chi connectivity index (χ3v) is 6.21. The number of rotatable bonds is 5. The molecule has 0 saturated carbocycles. The second-order valence-corrected chi connectivity index (χ2v) is 8.36. The predicted molar refractivity (Wildman–Crippen MR) is 119 cm³/mol. The van der Waals surface area contributed by atoms with E-state index in [1.54, 1.807) is 60.7 Å². The number of carbonyl (C=O) groups excluding carboxylic acids is 2. The Hall–Kier alpha value is -2.67. The normalized spacial score (nSPS) is 15.9. The second-order valence-electron chi connectivity index (χ2n) is 6.45. The number of ether oxygens (including phenoxy) is 1. The van der Waals surface area contributed by atoms with Crippen molar-refractivity contribution in [1.82, 2.24) is 10.4 Å². The van der Waals surface area contributed by atoms with Crippen molar-refractivity contribution < 1.29 is 14.3 Å². The number of hydrogen-bond donors (Lipinski definition) is 1. The van der Waals surface area contributed by atoms with Crippen LogP contribution in [-0.4, -0.2) is 22.6 Å². The van der Waals surface area contributed by atoms with Crippen LogP contribution in [0.2, 0.25) is 10.0 Å². The summed E-state index contributed by atoms with van der Waals surface area (Å²) in [5.74, 6) is 0.410. The topological polar surface area (TPSA) is 58.6 Å². The molecule has 1 aliphatic heterocycles. The van der Waals surface area contributed by atoms with E-state index in [0.29, 0.717) is 21.5 Å². The summed E-state index contributed by atoms with van der Waals surface area (Å²) >= 11 is 13.6. The number of nitrogens with one attached hydrogen (secondary N) is 1. The molecule has 8 heteroatoms. The van der Waals surface area contributed by atoms with Crippen molar-refractivity contribution in [3.8, 4) is 11.5 Å². The number of nitrogens with zero attached hydrogens (tertiary/aromatic N) is 1. The van der Waals surface area contributed by atoms with Gasteiger partial charge in [0.2, 0.25) is 0 Å². The third kappa shape index (κ3) is 4.41. The first-order chi connectivity index (χ1) is 14.5. The molecule has 0 aromatic heterocycles. The lowest BCUT2D eigenvalue weighted by Crippen LogP contribution is -2.44. The van der Waals surface area contributed by atoms with Gasteiger partial charge in [-0.2, -0.15) is 0 Å². The van der Waals surface area contributed by atoms with Crippen LogP contribution in [0, 0.1) is 0 Å². The largest absolute Gasteiger partial charge is 0.455 e. The van der Waals surface area contributed by atoms with Crippen LogP contribution >= 0.6 is 35.0 Å². The van der Waals surface area contributed by atoms with Crippen molar-refractivity contribution in [2.45, 2.75) is 5.37 Å². The maximum atomic E-state index is 13.0. The molecule has 0 bridgehead atoms. The number of hydrogen-bond acceptors (Lipinski definition) is 4. The first-order valence-corrected chi connectivity index (χ1v) is 10.8. The van der Waals surface area contributed by atoms with Gasteiger partial charge in [0, 0.05) is 5.02 Å². The van der Waals surface area contributed by atoms with Crippen molar-refractivity contribution >= 4 is 46.8 Å². The Kier molecular flexibility index (Phi) is 6.18. The van der Waals surface area contributed by atoms with Gasteiger partial charge in [-0.05, 0) is 42.0 Å². The zero-order valence-electron chi connectivity index (χ0n) is 15.5. The summed E-state index contributed by atoms with van der Waals surface area (Å²) in [5, 5.41) is 2.05. The fourth-order valence-electron chi connectivity index (χ4n) is 2.98. The Morgan fingerprint density at radius 2 is 1.63 bits per heavy atom. The van der Waals surface area contributed by atoms with Gasteiger partial charge in [-0.25, -0.2) is 5.01 Å². The summed E-state index contributed by atoms with van der Waals surface area (Å²) in [6, 6.07) is 21.0. The van der Waals surface area contributed by atoms with Gasteiger partial charge in [-0.3, -0.25) is 15.0 Å². The maximum absolute atomic E-state index is 13.0. The minimum absolute atomic E-state index is 0.183. The van der Waals surface area contributed by atoms with E-state index < -0.39 is 5.91 Å². The SMILES string of the molecule is O=C(NN1C(=O)CSC1c1ccc(Cl)cc1)c1ccccc1Oc1ccccc1Cl. The summed E-state index contributed by atoms with van der Waals surface area (Å²) in [6.45, 7) is 0. The van der Waals surface area contributed by atoms with Gasteiger partial charge in [-0.1, -0.05) is 59.6 Å². The summed E-state index contributed by atoms with van der Waals surface area (Å²) in [7, 11) is 0. The third-order valence-electron chi connectivity index (χ3n) is 4.43. The van der Waals surface area contributed by atoms with E-state index in [2.05, 4.69) is 5.43 Å². The van der Waals surface area contributed by atoms with E-state index in [1.807, 2.05) is 12.1 Å². The fraction of sp³-hybridized carbons (Fsp3) is 0.0909. The predicted octanol–water partition coefficient (Wildman–Crippen LogP) is 5.70. The van der Waals surface area contributed by atoms with E-state index in [4.69, 9.17) is 27.9 Å². The Morgan fingerprint density at radius 1 is 0.967 bits per heavy atom. The van der Waals surface area contributed by atoms with Gasteiger partial charge < -0.3 is 4.74 Å². The first-order valence-electron chi connectivity index (χ1n) is 9.04. The molecule has 30 heavy (non-hydrogen) atoms. The van der Waals surface area contributed by atoms with E-state index in [9.17, 15) is 9.59 Å². The monoisotopic (exact) mass is 458 g/mol. The van der Waals surface area contributed by atoms with Crippen LogP contribution in [0.4, 0.5) is 0 Å². The average Bonchev–Trinajstić information content (AvgIpc) is 3.11. The van der Waals surface area contributed by atoms with Crippen LogP contribution in [0.1, 0.15) is 21.3 Å². The molecule has 1 saturated heterocycles. The molecule has 3 aromatic rings. The molecular weight excluding hydrogens is 443 g/mol. The molecule has 1 fully saturated rings. The Bertz CT molecular complexity index is 1090. The lowest BCUT2D eigenvalue weighted by Gasteiger charge is -2.25. The smallest absolute Gasteiger partial charge is 0.273 e. The number of halogens is 2. The van der Waals surface area contributed by atoms with Crippen LogP contribution < -0.4 is 10.2 Å². The van der Waals surface area contributed by atoms with Gasteiger partial charge in [0.1, 0.15) is 16.9 Å². The molecule has 2 amide bonds. The molecule has 1 aliphatic rings. The fourth-order valence-corrected chi connectivity index (χ4v) is 4.39. The van der Waals surface area contributed by atoms with Gasteiger partial charge in [-0.15, -0.1) is 11.8 Å². The molecule has 1 N–H and O–H groups in total. The van der Waals surface area contributed by atoms with Gasteiger partial charge >= 0.3 is 0 Å². The molecular formula is C22H16Cl2N2O3S. The minimum atomic E-state index is -0.451. The van der Waals surface area contributed by atoms with Crippen LogP contribution in [0.3, 0.4) is 0 Å². The van der Waals surface area contributed by atoms with Gasteiger partial charge in [0.25, 0.3) is 11.8 Å². The minimum Gasteiger partial charge on any atom is -0.455 e. The number of thioether (sulfide) groups is 1. The number of benzene rings is 3. The van der Waals surface area contributed by atoms with E-state index >= 15 is 0 Å². The molecule has 0 aliphatic carbocycles. The van der Waals surface area contributed by atoms with Gasteiger partial charge in [0.05, 0.1) is 16.3 Å². The van der Waals surface area contributed by atoms with Crippen molar-refractivity contribution in [1.29, 1.82) is 0 Å². The average molecular weight is 459 g/mol. The Labute approximate surface area is 187 Å². The van der Waals surface area contributed by atoms with Crippen LogP contribution in [0.25, 0.3) is 0 Å². The molecule has 152 valence electrons. The first kappa shape index (κ1) is 20.6. The second kappa shape index (κ2) is 9.00. The highest BCUT2D eigenvalue weighted by molar-refractivity contribution is 8.00. The highest BCUT2D eigenvalue weighted by Gasteiger charge is 2.34. The van der Waals surface area contributed by atoms with Crippen molar-refractivity contribution in [2.24, 2.45) is 0 Å². The zero-order chi connectivity index (χ0) is 21.1. The van der Waals surface area contributed by atoms with Crippen molar-refractivity contribution in [2.75, 3.05) is 5.75 Å². The van der Waals surface area contributed by atoms with E-state index in [-0.39, 0.29) is 22.6 Å². The van der Waals surface area contributed by atoms with Crippen LogP contribution in [-0.2, 0) is 4.79 Å². The maximum Gasteiger partial charge on any atom is 0.273 e. The molecule has 1 atom stereocenters. The van der Waals surface area contributed by atoms with E-state index in [1.165, 1.54) is 16.8 Å². The molecule has 1 unspecified atom stereocenters. The van der Waals surface area contributed by atoms with Crippen molar-refractivity contribution in [3.63, 3.8) is 0 Å². The molecule has 4 rings (SSSR count). The lowest BCUT2D eigenvalue weighted by atomic mass is 10.2. The Balaban J connectivity index is 1.57. The summed E-state index contributed by atoms with van der Waals surface area (Å²) < 4.78 is 5.86. The molecule has 5 nitrogen and oxygen atoms in total. The van der Waals surface area contributed by atoms with Crippen LogP contribution in [0.5, 0.6) is 11.5 Å². The zero-order valence-corrected chi connectivity index (χ0v) is 17.9. The number of amides is 2.